The quantitative estimate of drug-likeness (QED) is 0.861. The van der Waals surface area contributed by atoms with Crippen LogP contribution in [0.4, 0.5) is 15.8 Å². The average molecular weight is 288 g/mol. The maximum absolute atomic E-state index is 13.2. The standard InChI is InChI=1S/C16H17FN2O2/c1-2-19(14-5-3-4-12(17)10-14)16(20)11-21-15-8-6-13(18)7-9-15/h3-10H,2,11,18H2,1H3. The first-order chi connectivity index (χ1) is 10.1. The third-order valence-electron chi connectivity index (χ3n) is 2.98. The number of hydrogen-bond donors (Lipinski definition) is 1. The number of ether oxygens (including phenoxy) is 1. The van der Waals surface area contributed by atoms with Crippen molar-refractivity contribution in [2.24, 2.45) is 0 Å². The van der Waals surface area contributed by atoms with E-state index in [4.69, 9.17) is 10.5 Å². The number of hydrogen-bond acceptors (Lipinski definition) is 3. The summed E-state index contributed by atoms with van der Waals surface area (Å²) < 4.78 is 18.7. The summed E-state index contributed by atoms with van der Waals surface area (Å²) in [6.45, 7) is 2.15. The molecule has 0 saturated heterocycles. The Labute approximate surface area is 122 Å². The van der Waals surface area contributed by atoms with Gasteiger partial charge in [-0.05, 0) is 49.4 Å². The van der Waals surface area contributed by atoms with Crippen molar-refractivity contribution in [1.82, 2.24) is 0 Å². The van der Waals surface area contributed by atoms with Crippen LogP contribution in [0, 0.1) is 5.82 Å². The molecule has 4 nitrogen and oxygen atoms in total. The Hall–Kier alpha value is -2.56. The zero-order valence-electron chi connectivity index (χ0n) is 11.8. The van der Waals surface area contributed by atoms with Gasteiger partial charge in [-0.1, -0.05) is 6.07 Å². The van der Waals surface area contributed by atoms with Crippen molar-refractivity contribution < 1.29 is 13.9 Å². The van der Waals surface area contributed by atoms with Crippen molar-refractivity contribution in [3.63, 3.8) is 0 Å². The lowest BCUT2D eigenvalue weighted by Crippen LogP contribution is -2.34. The highest BCUT2D eigenvalue weighted by Gasteiger charge is 2.15. The minimum atomic E-state index is -0.377. The Morgan fingerprint density at radius 3 is 2.57 bits per heavy atom. The maximum atomic E-state index is 13.2. The van der Waals surface area contributed by atoms with Crippen LogP contribution in [-0.4, -0.2) is 19.1 Å². The van der Waals surface area contributed by atoms with E-state index in [1.54, 1.807) is 36.4 Å². The lowest BCUT2D eigenvalue weighted by Gasteiger charge is -2.21. The largest absolute Gasteiger partial charge is 0.484 e. The Morgan fingerprint density at radius 2 is 1.95 bits per heavy atom. The minimum Gasteiger partial charge on any atom is -0.484 e. The van der Waals surface area contributed by atoms with Gasteiger partial charge in [0, 0.05) is 17.9 Å². The van der Waals surface area contributed by atoms with Gasteiger partial charge in [0.25, 0.3) is 5.91 Å². The van der Waals surface area contributed by atoms with Gasteiger partial charge in [0.05, 0.1) is 0 Å². The highest BCUT2D eigenvalue weighted by Crippen LogP contribution is 2.17. The number of amides is 1. The molecule has 2 N–H and O–H groups in total. The summed E-state index contributed by atoms with van der Waals surface area (Å²) in [4.78, 5) is 13.7. The SMILES string of the molecule is CCN(C(=O)COc1ccc(N)cc1)c1cccc(F)c1. The molecule has 110 valence electrons. The number of nitrogens with zero attached hydrogens (tertiary/aromatic N) is 1. The number of benzene rings is 2. The predicted molar refractivity (Wildman–Crippen MR) is 80.8 cm³/mol. The molecular formula is C16H17FN2O2. The van der Waals surface area contributed by atoms with E-state index in [-0.39, 0.29) is 18.3 Å². The van der Waals surface area contributed by atoms with E-state index in [1.165, 1.54) is 17.0 Å². The van der Waals surface area contributed by atoms with Crippen LogP contribution < -0.4 is 15.4 Å². The second kappa shape index (κ2) is 6.74. The van der Waals surface area contributed by atoms with Crippen LogP contribution in [0.25, 0.3) is 0 Å². The van der Waals surface area contributed by atoms with Gasteiger partial charge in [-0.3, -0.25) is 4.79 Å². The molecule has 0 heterocycles. The highest BCUT2D eigenvalue weighted by atomic mass is 19.1. The Bertz CT molecular complexity index is 614. The molecular weight excluding hydrogens is 271 g/mol. The van der Waals surface area contributed by atoms with Crippen LogP contribution in [-0.2, 0) is 4.79 Å². The summed E-state index contributed by atoms with van der Waals surface area (Å²) >= 11 is 0. The van der Waals surface area contributed by atoms with Crippen LogP contribution in [0.3, 0.4) is 0 Å². The van der Waals surface area contributed by atoms with Gasteiger partial charge in [-0.2, -0.15) is 0 Å². The van der Waals surface area contributed by atoms with E-state index >= 15 is 0 Å². The molecule has 0 spiro atoms. The van der Waals surface area contributed by atoms with Crippen LogP contribution in [0.2, 0.25) is 0 Å². The van der Waals surface area contributed by atoms with Crippen molar-refractivity contribution in [3.05, 3.63) is 54.3 Å². The molecule has 0 unspecified atom stereocenters. The molecule has 2 aromatic carbocycles. The highest BCUT2D eigenvalue weighted by molar-refractivity contribution is 5.94. The van der Waals surface area contributed by atoms with Gasteiger partial charge >= 0.3 is 0 Å². The van der Waals surface area contributed by atoms with Gasteiger partial charge in [0.2, 0.25) is 0 Å². The van der Waals surface area contributed by atoms with E-state index in [9.17, 15) is 9.18 Å². The number of likely N-dealkylation sites (N-methyl/N-ethyl adjacent to an activating group) is 1. The first-order valence-corrected chi connectivity index (χ1v) is 6.64. The third kappa shape index (κ3) is 3.95. The van der Waals surface area contributed by atoms with E-state index in [1.807, 2.05) is 6.92 Å². The smallest absolute Gasteiger partial charge is 0.264 e. The van der Waals surface area contributed by atoms with Gasteiger partial charge < -0.3 is 15.4 Å². The number of halogens is 1. The van der Waals surface area contributed by atoms with Crippen molar-refractivity contribution in [2.45, 2.75) is 6.92 Å². The van der Waals surface area contributed by atoms with E-state index in [0.29, 0.717) is 23.7 Å². The molecule has 0 atom stereocenters. The van der Waals surface area contributed by atoms with Crippen LogP contribution >= 0.6 is 0 Å². The summed E-state index contributed by atoms with van der Waals surface area (Å²) in [5.41, 5.74) is 6.72. The summed E-state index contributed by atoms with van der Waals surface area (Å²) in [6.07, 6.45) is 0. The fourth-order valence-electron chi connectivity index (χ4n) is 1.93. The lowest BCUT2D eigenvalue weighted by molar-refractivity contribution is -0.120. The molecule has 0 radical (unpaired) electrons. The molecule has 0 aliphatic rings. The topological polar surface area (TPSA) is 55.6 Å². The number of carbonyl (C=O) groups is 1. The lowest BCUT2D eigenvalue weighted by atomic mass is 10.2. The predicted octanol–water partition coefficient (Wildman–Crippen LogP) is 2.84. The van der Waals surface area contributed by atoms with Crippen LogP contribution in [0.5, 0.6) is 5.75 Å². The van der Waals surface area contributed by atoms with Crippen LogP contribution in [0.15, 0.2) is 48.5 Å². The van der Waals surface area contributed by atoms with Crippen molar-refractivity contribution in [2.75, 3.05) is 23.8 Å². The third-order valence-corrected chi connectivity index (χ3v) is 2.98. The first kappa shape index (κ1) is 14.8. The summed E-state index contributed by atoms with van der Waals surface area (Å²) in [5, 5.41) is 0. The number of carbonyl (C=O) groups excluding carboxylic acids is 1. The minimum absolute atomic E-state index is 0.117. The van der Waals surface area contributed by atoms with Gasteiger partial charge in [0.1, 0.15) is 11.6 Å². The number of nitrogen functional groups attached to an aromatic ring is 1. The Kier molecular flexibility index (Phi) is 4.77. The van der Waals surface area contributed by atoms with Crippen molar-refractivity contribution >= 4 is 17.3 Å². The molecule has 1 amide bonds. The number of anilines is 2. The van der Waals surface area contributed by atoms with E-state index in [0.717, 1.165) is 0 Å². The summed E-state index contributed by atoms with van der Waals surface area (Å²) in [6, 6.07) is 12.7. The van der Waals surface area contributed by atoms with Crippen LogP contribution in [0.1, 0.15) is 6.92 Å². The van der Waals surface area contributed by atoms with Gasteiger partial charge in [0.15, 0.2) is 6.61 Å². The Morgan fingerprint density at radius 1 is 1.24 bits per heavy atom. The molecule has 2 rings (SSSR count). The molecule has 0 saturated carbocycles. The second-order valence-corrected chi connectivity index (χ2v) is 4.48. The number of nitrogens with two attached hydrogens (primary N) is 1. The molecule has 21 heavy (non-hydrogen) atoms. The fraction of sp³-hybridized carbons (Fsp3) is 0.188. The normalized spacial score (nSPS) is 10.2. The zero-order chi connectivity index (χ0) is 15.2. The second-order valence-electron chi connectivity index (χ2n) is 4.48. The Balaban J connectivity index is 2.02. The summed E-state index contributed by atoms with van der Waals surface area (Å²) in [5.74, 6) is -0.0500. The summed E-state index contributed by atoms with van der Waals surface area (Å²) in [7, 11) is 0. The molecule has 0 bridgehead atoms. The molecule has 5 heteroatoms. The van der Waals surface area contributed by atoms with Gasteiger partial charge in [-0.25, -0.2) is 4.39 Å². The van der Waals surface area contributed by atoms with E-state index < -0.39 is 0 Å². The van der Waals surface area contributed by atoms with E-state index in [2.05, 4.69) is 0 Å². The number of rotatable bonds is 5. The van der Waals surface area contributed by atoms with Crippen molar-refractivity contribution in [3.8, 4) is 5.75 Å². The first-order valence-electron chi connectivity index (χ1n) is 6.64. The molecule has 2 aromatic rings. The molecule has 0 aromatic heterocycles. The molecule has 0 aliphatic heterocycles. The molecule has 0 aliphatic carbocycles. The zero-order valence-corrected chi connectivity index (χ0v) is 11.8. The molecule has 0 fully saturated rings. The average Bonchev–Trinajstić information content (AvgIpc) is 2.47. The fourth-order valence-corrected chi connectivity index (χ4v) is 1.93. The maximum Gasteiger partial charge on any atom is 0.264 e. The monoisotopic (exact) mass is 288 g/mol. The van der Waals surface area contributed by atoms with Gasteiger partial charge in [-0.15, -0.1) is 0 Å². The van der Waals surface area contributed by atoms with Crippen molar-refractivity contribution in [1.29, 1.82) is 0 Å².